The highest BCUT2D eigenvalue weighted by Gasteiger charge is 2.40. The molecule has 1 aromatic heterocycles. The predicted octanol–water partition coefficient (Wildman–Crippen LogP) is 2.25. The van der Waals surface area contributed by atoms with Crippen molar-refractivity contribution in [3.8, 4) is 6.07 Å². The summed E-state index contributed by atoms with van der Waals surface area (Å²) in [5, 5.41) is 14.3. The zero-order valence-corrected chi connectivity index (χ0v) is 11.9. The average Bonchev–Trinajstić information content (AvgIpc) is 2.92. The van der Waals surface area contributed by atoms with Gasteiger partial charge in [0.2, 0.25) is 5.91 Å². The number of thiophene rings is 1. The van der Waals surface area contributed by atoms with Gasteiger partial charge in [-0.05, 0) is 36.3 Å². The van der Waals surface area contributed by atoms with Crippen molar-refractivity contribution in [3.05, 3.63) is 21.9 Å². The molecule has 1 N–H and O–H groups in total. The second-order valence-corrected chi connectivity index (χ2v) is 5.71. The van der Waals surface area contributed by atoms with Gasteiger partial charge in [0.05, 0.1) is 12.6 Å². The molecule has 0 unspecified atom stereocenters. The fraction of sp³-hybridized carbons (Fsp3) is 0.571. The number of amides is 1. The summed E-state index contributed by atoms with van der Waals surface area (Å²) in [5.41, 5.74) is 0.366. The van der Waals surface area contributed by atoms with Gasteiger partial charge >= 0.3 is 0 Å². The lowest BCUT2D eigenvalue weighted by Gasteiger charge is -2.29. The van der Waals surface area contributed by atoms with Crippen molar-refractivity contribution in [3.63, 3.8) is 0 Å². The number of hydrogen-bond donors (Lipinski definition) is 1. The van der Waals surface area contributed by atoms with E-state index in [0.29, 0.717) is 32.6 Å². The average molecular weight is 278 g/mol. The van der Waals surface area contributed by atoms with Crippen molar-refractivity contribution >= 4 is 17.2 Å². The first-order valence-corrected chi connectivity index (χ1v) is 7.42. The first-order valence-electron chi connectivity index (χ1n) is 6.54. The summed E-state index contributed by atoms with van der Waals surface area (Å²) in [4.78, 5) is 13.4. The SMILES string of the molecule is CCc1ccsc1CNC(=O)C1(C#N)CCOCC1. The second kappa shape index (κ2) is 6.18. The normalized spacial score (nSPS) is 17.7. The molecular weight excluding hydrogens is 260 g/mol. The minimum absolute atomic E-state index is 0.159. The van der Waals surface area contributed by atoms with E-state index < -0.39 is 5.41 Å². The third-order valence-corrected chi connectivity index (χ3v) is 4.59. The number of nitrogens with one attached hydrogen (secondary N) is 1. The molecule has 4 nitrogen and oxygen atoms in total. The molecule has 1 amide bonds. The molecule has 102 valence electrons. The third-order valence-electron chi connectivity index (χ3n) is 3.62. The lowest BCUT2D eigenvalue weighted by molar-refractivity contribution is -0.132. The molecule has 19 heavy (non-hydrogen) atoms. The van der Waals surface area contributed by atoms with Crippen LogP contribution in [0.3, 0.4) is 0 Å². The highest BCUT2D eigenvalue weighted by atomic mass is 32.1. The van der Waals surface area contributed by atoms with Crippen LogP contribution >= 0.6 is 11.3 Å². The lowest BCUT2D eigenvalue weighted by Crippen LogP contribution is -2.43. The predicted molar refractivity (Wildman–Crippen MR) is 73.6 cm³/mol. The minimum Gasteiger partial charge on any atom is -0.381 e. The van der Waals surface area contributed by atoms with E-state index in [1.54, 1.807) is 11.3 Å². The number of carbonyl (C=O) groups is 1. The summed E-state index contributed by atoms with van der Waals surface area (Å²) < 4.78 is 5.23. The van der Waals surface area contributed by atoms with E-state index in [1.807, 2.05) is 5.38 Å². The highest BCUT2D eigenvalue weighted by Crippen LogP contribution is 2.30. The van der Waals surface area contributed by atoms with E-state index in [0.717, 1.165) is 6.42 Å². The zero-order valence-electron chi connectivity index (χ0n) is 11.1. The molecule has 0 aliphatic carbocycles. The minimum atomic E-state index is -0.901. The molecule has 2 heterocycles. The number of aryl methyl sites for hydroxylation is 1. The number of carbonyl (C=O) groups excluding carboxylic acids is 1. The molecule has 0 bridgehead atoms. The number of nitrogens with zero attached hydrogens (tertiary/aromatic N) is 1. The lowest BCUT2D eigenvalue weighted by atomic mass is 9.81. The van der Waals surface area contributed by atoms with Crippen molar-refractivity contribution in [1.82, 2.24) is 5.32 Å². The Morgan fingerprint density at radius 3 is 2.95 bits per heavy atom. The van der Waals surface area contributed by atoms with Crippen LogP contribution in [-0.4, -0.2) is 19.1 Å². The Kier molecular flexibility index (Phi) is 4.56. The quantitative estimate of drug-likeness (QED) is 0.918. The van der Waals surface area contributed by atoms with Gasteiger partial charge in [0.1, 0.15) is 5.41 Å². The van der Waals surface area contributed by atoms with Gasteiger partial charge < -0.3 is 10.1 Å². The van der Waals surface area contributed by atoms with E-state index in [2.05, 4.69) is 24.4 Å². The van der Waals surface area contributed by atoms with E-state index in [9.17, 15) is 10.1 Å². The van der Waals surface area contributed by atoms with Gasteiger partial charge in [0.25, 0.3) is 0 Å². The van der Waals surface area contributed by atoms with Crippen LogP contribution in [-0.2, 0) is 22.5 Å². The van der Waals surface area contributed by atoms with E-state index in [4.69, 9.17) is 4.74 Å². The zero-order chi connectivity index (χ0) is 13.7. The molecule has 1 aliphatic rings. The molecule has 0 spiro atoms. The van der Waals surface area contributed by atoms with Crippen molar-refractivity contribution in [2.24, 2.45) is 5.41 Å². The molecule has 2 rings (SSSR count). The summed E-state index contributed by atoms with van der Waals surface area (Å²) in [5.74, 6) is -0.159. The number of rotatable bonds is 4. The van der Waals surface area contributed by atoms with Crippen LogP contribution in [0.15, 0.2) is 11.4 Å². The summed E-state index contributed by atoms with van der Waals surface area (Å²) in [6.45, 7) is 3.59. The number of ether oxygens (including phenoxy) is 1. The summed E-state index contributed by atoms with van der Waals surface area (Å²) >= 11 is 1.65. The second-order valence-electron chi connectivity index (χ2n) is 4.71. The van der Waals surface area contributed by atoms with Crippen LogP contribution in [0, 0.1) is 16.7 Å². The van der Waals surface area contributed by atoms with Crippen LogP contribution in [0.5, 0.6) is 0 Å². The van der Waals surface area contributed by atoms with Gasteiger partial charge in [0.15, 0.2) is 0 Å². The van der Waals surface area contributed by atoms with Gasteiger partial charge in [-0.3, -0.25) is 4.79 Å². The summed E-state index contributed by atoms with van der Waals surface area (Å²) in [6.07, 6.45) is 1.94. The van der Waals surface area contributed by atoms with Gasteiger partial charge in [-0.15, -0.1) is 11.3 Å². The van der Waals surface area contributed by atoms with Crippen molar-refractivity contribution in [2.75, 3.05) is 13.2 Å². The van der Waals surface area contributed by atoms with E-state index in [-0.39, 0.29) is 5.91 Å². The number of hydrogen-bond acceptors (Lipinski definition) is 4. The Balaban J connectivity index is 1.99. The maximum absolute atomic E-state index is 12.3. The molecule has 1 fully saturated rings. The van der Waals surface area contributed by atoms with Crippen LogP contribution in [0.25, 0.3) is 0 Å². The fourth-order valence-electron chi connectivity index (χ4n) is 2.28. The largest absolute Gasteiger partial charge is 0.381 e. The Morgan fingerprint density at radius 1 is 1.58 bits per heavy atom. The van der Waals surface area contributed by atoms with Crippen LogP contribution in [0.2, 0.25) is 0 Å². The first-order chi connectivity index (χ1) is 9.22. The monoisotopic (exact) mass is 278 g/mol. The maximum atomic E-state index is 12.3. The molecule has 0 aromatic carbocycles. The van der Waals surface area contributed by atoms with Gasteiger partial charge in [0, 0.05) is 18.1 Å². The Bertz CT molecular complexity index is 484. The van der Waals surface area contributed by atoms with E-state index in [1.165, 1.54) is 10.4 Å². The highest BCUT2D eigenvalue weighted by molar-refractivity contribution is 7.10. The van der Waals surface area contributed by atoms with Crippen LogP contribution in [0.4, 0.5) is 0 Å². The smallest absolute Gasteiger partial charge is 0.240 e. The van der Waals surface area contributed by atoms with Gasteiger partial charge in [-0.1, -0.05) is 6.92 Å². The Morgan fingerprint density at radius 2 is 2.32 bits per heavy atom. The first kappa shape index (κ1) is 14.0. The molecule has 1 saturated heterocycles. The molecule has 5 heteroatoms. The number of nitriles is 1. The van der Waals surface area contributed by atoms with Gasteiger partial charge in [-0.2, -0.15) is 5.26 Å². The van der Waals surface area contributed by atoms with Crippen LogP contribution < -0.4 is 5.32 Å². The maximum Gasteiger partial charge on any atom is 0.240 e. The van der Waals surface area contributed by atoms with Crippen molar-refractivity contribution in [1.29, 1.82) is 5.26 Å². The van der Waals surface area contributed by atoms with Crippen molar-refractivity contribution < 1.29 is 9.53 Å². The third kappa shape index (κ3) is 2.96. The Labute approximate surface area is 117 Å². The van der Waals surface area contributed by atoms with E-state index >= 15 is 0 Å². The molecule has 1 aromatic rings. The molecule has 1 aliphatic heterocycles. The van der Waals surface area contributed by atoms with Crippen molar-refractivity contribution in [2.45, 2.75) is 32.7 Å². The topological polar surface area (TPSA) is 62.1 Å². The Hall–Kier alpha value is -1.38. The van der Waals surface area contributed by atoms with Gasteiger partial charge in [-0.25, -0.2) is 0 Å². The molecule has 0 radical (unpaired) electrons. The molecule has 0 saturated carbocycles. The van der Waals surface area contributed by atoms with Crippen LogP contribution in [0.1, 0.15) is 30.2 Å². The standard InChI is InChI=1S/C14H18N2O2S/c1-2-11-3-8-19-12(11)9-16-13(17)14(10-15)4-6-18-7-5-14/h3,8H,2,4-7,9H2,1H3,(H,16,17). The molecule has 0 atom stereocenters. The summed E-state index contributed by atoms with van der Waals surface area (Å²) in [6, 6.07) is 4.27. The summed E-state index contributed by atoms with van der Waals surface area (Å²) in [7, 11) is 0. The fourth-order valence-corrected chi connectivity index (χ4v) is 3.19. The molecular formula is C14H18N2O2S.